The number of hydrogen-bond acceptors (Lipinski definition) is 3. The van der Waals surface area contributed by atoms with Crippen molar-refractivity contribution in [3.63, 3.8) is 0 Å². The van der Waals surface area contributed by atoms with Crippen LogP contribution in [-0.4, -0.2) is 47.8 Å². The van der Waals surface area contributed by atoms with E-state index in [2.05, 4.69) is 10.2 Å². The van der Waals surface area contributed by atoms with E-state index in [4.69, 9.17) is 0 Å². The summed E-state index contributed by atoms with van der Waals surface area (Å²) in [7, 11) is 0. The van der Waals surface area contributed by atoms with Crippen LogP contribution in [0.4, 0.5) is 23.2 Å². The predicted molar refractivity (Wildman–Crippen MR) is 116 cm³/mol. The third-order valence-electron chi connectivity index (χ3n) is 5.60. The fourth-order valence-corrected chi connectivity index (χ4v) is 4.08. The molecule has 2 amide bonds. The molecule has 0 radical (unpaired) electrons. The van der Waals surface area contributed by atoms with Crippen LogP contribution in [0.5, 0.6) is 0 Å². The summed E-state index contributed by atoms with van der Waals surface area (Å²) in [6.45, 7) is 3.65. The molecule has 1 aliphatic rings. The standard InChI is InChI=1S/C24H27F4N3O2/c1-2-10-31(15-21(32)29-20-9-8-19(26)22(27)23(20)28)24(33)17-6-4-11-30(14-17)13-16-5-3-7-18(25)12-16/h3,5,7-9,12,17H,2,4,6,10-11,13-15H2,1H3,(H,29,32). The molecule has 1 saturated heterocycles. The Bertz CT molecular complexity index is 1000. The number of carbonyl (C=O) groups excluding carboxylic acids is 2. The van der Waals surface area contributed by atoms with E-state index in [-0.39, 0.29) is 24.2 Å². The zero-order valence-electron chi connectivity index (χ0n) is 18.4. The zero-order valence-corrected chi connectivity index (χ0v) is 18.4. The largest absolute Gasteiger partial charge is 0.333 e. The van der Waals surface area contributed by atoms with Gasteiger partial charge in [-0.2, -0.15) is 0 Å². The predicted octanol–water partition coefficient (Wildman–Crippen LogP) is 4.33. The van der Waals surface area contributed by atoms with Gasteiger partial charge < -0.3 is 10.2 Å². The summed E-state index contributed by atoms with van der Waals surface area (Å²) in [6, 6.07) is 7.98. The molecule has 2 aromatic carbocycles. The van der Waals surface area contributed by atoms with Crippen molar-refractivity contribution in [2.24, 2.45) is 5.92 Å². The van der Waals surface area contributed by atoms with Crippen LogP contribution in [0.3, 0.4) is 0 Å². The molecular weight excluding hydrogens is 438 g/mol. The first kappa shape index (κ1) is 24.7. The van der Waals surface area contributed by atoms with Crippen molar-refractivity contribution in [2.75, 3.05) is 31.5 Å². The van der Waals surface area contributed by atoms with E-state index < -0.39 is 29.0 Å². The van der Waals surface area contributed by atoms with E-state index in [0.717, 1.165) is 30.7 Å². The van der Waals surface area contributed by atoms with Crippen molar-refractivity contribution < 1.29 is 27.2 Å². The summed E-state index contributed by atoms with van der Waals surface area (Å²) in [5.74, 6) is -6.04. The number of nitrogens with zero attached hydrogens (tertiary/aromatic N) is 2. The molecule has 0 bridgehead atoms. The first-order valence-corrected chi connectivity index (χ1v) is 11.0. The van der Waals surface area contributed by atoms with Gasteiger partial charge in [0.25, 0.3) is 0 Å². The molecule has 1 fully saturated rings. The Labute approximate surface area is 190 Å². The maximum atomic E-state index is 13.9. The van der Waals surface area contributed by atoms with Crippen LogP contribution in [-0.2, 0) is 16.1 Å². The molecule has 1 atom stereocenters. The van der Waals surface area contributed by atoms with Crippen LogP contribution in [0.1, 0.15) is 31.7 Å². The van der Waals surface area contributed by atoms with Gasteiger partial charge in [0.15, 0.2) is 17.5 Å². The van der Waals surface area contributed by atoms with Crippen LogP contribution in [0.25, 0.3) is 0 Å². The highest BCUT2D eigenvalue weighted by Crippen LogP contribution is 2.22. The van der Waals surface area contributed by atoms with Crippen molar-refractivity contribution in [1.29, 1.82) is 0 Å². The fraction of sp³-hybridized carbons (Fsp3) is 0.417. The van der Waals surface area contributed by atoms with Crippen LogP contribution in [0, 0.1) is 29.2 Å². The number of nitrogens with one attached hydrogen (secondary N) is 1. The van der Waals surface area contributed by atoms with E-state index in [9.17, 15) is 27.2 Å². The lowest BCUT2D eigenvalue weighted by molar-refractivity contribution is -0.140. The van der Waals surface area contributed by atoms with E-state index in [1.165, 1.54) is 17.0 Å². The van der Waals surface area contributed by atoms with Gasteiger partial charge in [-0.15, -0.1) is 0 Å². The Kier molecular flexibility index (Phi) is 8.43. The average molecular weight is 465 g/mol. The minimum absolute atomic E-state index is 0.193. The second kappa shape index (κ2) is 11.3. The molecule has 2 aromatic rings. The molecular formula is C24H27F4N3O2. The lowest BCUT2D eigenvalue weighted by atomic mass is 9.96. The number of amides is 2. The molecule has 3 rings (SSSR count). The van der Waals surface area contributed by atoms with Gasteiger partial charge in [-0.05, 0) is 55.6 Å². The monoisotopic (exact) mass is 465 g/mol. The Balaban J connectivity index is 1.62. The Morgan fingerprint density at radius 1 is 1.12 bits per heavy atom. The quantitative estimate of drug-likeness (QED) is 0.466. The molecule has 33 heavy (non-hydrogen) atoms. The maximum Gasteiger partial charge on any atom is 0.244 e. The van der Waals surface area contributed by atoms with E-state index in [1.54, 1.807) is 6.07 Å². The summed E-state index contributed by atoms with van der Waals surface area (Å²) in [4.78, 5) is 29.1. The molecule has 0 spiro atoms. The summed E-state index contributed by atoms with van der Waals surface area (Å²) in [5, 5.41) is 2.21. The first-order valence-electron chi connectivity index (χ1n) is 11.0. The summed E-state index contributed by atoms with van der Waals surface area (Å²) in [5.41, 5.74) is 0.336. The molecule has 1 aliphatic heterocycles. The Hall–Kier alpha value is -2.94. The Morgan fingerprint density at radius 2 is 1.91 bits per heavy atom. The number of rotatable bonds is 8. The molecule has 9 heteroatoms. The highest BCUT2D eigenvalue weighted by atomic mass is 19.2. The Morgan fingerprint density at radius 3 is 2.64 bits per heavy atom. The number of anilines is 1. The van der Waals surface area contributed by atoms with Crippen LogP contribution < -0.4 is 5.32 Å². The minimum Gasteiger partial charge on any atom is -0.333 e. The highest BCUT2D eigenvalue weighted by molar-refractivity contribution is 5.95. The van der Waals surface area contributed by atoms with Gasteiger partial charge >= 0.3 is 0 Å². The number of likely N-dealkylation sites (tertiary alicyclic amines) is 1. The van der Waals surface area contributed by atoms with Gasteiger partial charge in [-0.25, -0.2) is 17.6 Å². The second-order valence-corrected chi connectivity index (χ2v) is 8.24. The lowest BCUT2D eigenvalue weighted by Gasteiger charge is -2.35. The second-order valence-electron chi connectivity index (χ2n) is 8.24. The summed E-state index contributed by atoms with van der Waals surface area (Å²) in [6.07, 6.45) is 2.06. The lowest BCUT2D eigenvalue weighted by Crippen LogP contribution is -2.47. The third-order valence-corrected chi connectivity index (χ3v) is 5.60. The average Bonchev–Trinajstić information content (AvgIpc) is 2.79. The van der Waals surface area contributed by atoms with Crippen molar-refractivity contribution in [3.05, 3.63) is 65.2 Å². The molecule has 0 aliphatic carbocycles. The van der Waals surface area contributed by atoms with Gasteiger partial charge in [0, 0.05) is 19.6 Å². The number of benzene rings is 2. The van der Waals surface area contributed by atoms with Crippen LogP contribution in [0.15, 0.2) is 36.4 Å². The molecule has 178 valence electrons. The van der Waals surface area contributed by atoms with Crippen molar-refractivity contribution in [2.45, 2.75) is 32.7 Å². The molecule has 0 aromatic heterocycles. The number of carbonyl (C=O) groups is 2. The van der Waals surface area contributed by atoms with Gasteiger partial charge in [0.2, 0.25) is 11.8 Å². The van der Waals surface area contributed by atoms with E-state index in [0.29, 0.717) is 32.5 Å². The number of hydrogen-bond donors (Lipinski definition) is 1. The van der Waals surface area contributed by atoms with Gasteiger partial charge in [-0.1, -0.05) is 19.1 Å². The topological polar surface area (TPSA) is 52.7 Å². The fourth-order valence-electron chi connectivity index (χ4n) is 4.08. The summed E-state index contributed by atoms with van der Waals surface area (Å²) < 4.78 is 53.9. The molecule has 1 unspecified atom stereocenters. The maximum absolute atomic E-state index is 13.9. The minimum atomic E-state index is -1.67. The normalized spacial score (nSPS) is 16.5. The number of piperidine rings is 1. The van der Waals surface area contributed by atoms with Gasteiger partial charge in [0.05, 0.1) is 18.2 Å². The third kappa shape index (κ3) is 6.54. The van der Waals surface area contributed by atoms with Crippen molar-refractivity contribution in [3.8, 4) is 0 Å². The van der Waals surface area contributed by atoms with E-state index >= 15 is 0 Å². The zero-order chi connectivity index (χ0) is 24.0. The SMILES string of the molecule is CCCN(CC(=O)Nc1ccc(F)c(F)c1F)C(=O)C1CCCN(Cc2cccc(F)c2)C1. The van der Waals surface area contributed by atoms with E-state index in [1.807, 2.05) is 13.0 Å². The highest BCUT2D eigenvalue weighted by Gasteiger charge is 2.30. The molecule has 0 saturated carbocycles. The summed E-state index contributed by atoms with van der Waals surface area (Å²) >= 11 is 0. The van der Waals surface area contributed by atoms with Crippen molar-refractivity contribution in [1.82, 2.24) is 9.80 Å². The van der Waals surface area contributed by atoms with Gasteiger partial charge in [0.1, 0.15) is 5.82 Å². The van der Waals surface area contributed by atoms with Crippen LogP contribution >= 0.6 is 0 Å². The number of halogens is 4. The molecule has 5 nitrogen and oxygen atoms in total. The smallest absolute Gasteiger partial charge is 0.244 e. The molecule has 1 heterocycles. The van der Waals surface area contributed by atoms with Gasteiger partial charge in [-0.3, -0.25) is 14.5 Å². The first-order chi connectivity index (χ1) is 15.8. The van der Waals surface area contributed by atoms with Crippen LogP contribution in [0.2, 0.25) is 0 Å². The van der Waals surface area contributed by atoms with Crippen molar-refractivity contribution >= 4 is 17.5 Å². The molecule has 1 N–H and O–H groups in total.